The fourth-order valence-electron chi connectivity index (χ4n) is 2.44. The molecule has 0 aromatic rings. The largest absolute Gasteiger partial charge is 0.481 e. The molecule has 1 saturated heterocycles. The summed E-state index contributed by atoms with van der Waals surface area (Å²) in [5.74, 6) is -0.397. The predicted molar refractivity (Wildman–Crippen MR) is 69.3 cm³/mol. The highest BCUT2D eigenvalue weighted by Gasteiger charge is 2.24. The van der Waals surface area contributed by atoms with Crippen LogP contribution in [0.1, 0.15) is 33.1 Å². The van der Waals surface area contributed by atoms with E-state index in [1.165, 1.54) is 0 Å². The highest BCUT2D eigenvalue weighted by Crippen LogP contribution is 2.17. The van der Waals surface area contributed by atoms with E-state index in [1.54, 1.807) is 4.90 Å². The fourth-order valence-corrected chi connectivity index (χ4v) is 2.44. The normalized spacial score (nSPS) is 20.0. The van der Waals surface area contributed by atoms with E-state index in [-0.39, 0.29) is 18.7 Å². The highest BCUT2D eigenvalue weighted by atomic mass is 16.4. The van der Waals surface area contributed by atoms with Crippen molar-refractivity contribution in [1.29, 1.82) is 0 Å². The molecule has 1 unspecified atom stereocenters. The minimum atomic E-state index is -0.905. The summed E-state index contributed by atoms with van der Waals surface area (Å²) in [6.45, 7) is 8.77. The van der Waals surface area contributed by atoms with Crippen LogP contribution in [0, 0.1) is 5.92 Å². The van der Waals surface area contributed by atoms with E-state index >= 15 is 0 Å². The van der Waals surface area contributed by atoms with Crippen LogP contribution in [0.4, 0.5) is 0 Å². The van der Waals surface area contributed by atoms with Crippen LogP contribution < -0.4 is 0 Å². The molecule has 1 heterocycles. The van der Waals surface area contributed by atoms with Crippen molar-refractivity contribution >= 4 is 11.9 Å². The van der Waals surface area contributed by atoms with E-state index in [0.29, 0.717) is 12.5 Å². The quantitative estimate of drug-likeness (QED) is 0.739. The average molecular weight is 256 g/mol. The Balaban J connectivity index is 2.37. The summed E-state index contributed by atoms with van der Waals surface area (Å²) in [5.41, 5.74) is 0. The van der Waals surface area contributed by atoms with Gasteiger partial charge in [-0.15, -0.1) is 0 Å². The molecule has 5 heteroatoms. The molecular weight excluding hydrogens is 232 g/mol. The van der Waals surface area contributed by atoms with Gasteiger partial charge in [-0.2, -0.15) is 0 Å². The predicted octanol–water partition coefficient (Wildman–Crippen LogP) is 1.04. The lowest BCUT2D eigenvalue weighted by Gasteiger charge is -2.24. The van der Waals surface area contributed by atoms with E-state index in [9.17, 15) is 9.59 Å². The van der Waals surface area contributed by atoms with Gasteiger partial charge in [-0.1, -0.05) is 6.92 Å². The van der Waals surface area contributed by atoms with Gasteiger partial charge in [-0.05, 0) is 32.4 Å². The first-order chi connectivity index (χ1) is 8.56. The molecule has 18 heavy (non-hydrogen) atoms. The highest BCUT2D eigenvalue weighted by molar-refractivity contribution is 5.80. The van der Waals surface area contributed by atoms with Crippen LogP contribution in [0.3, 0.4) is 0 Å². The van der Waals surface area contributed by atoms with Gasteiger partial charge in [0, 0.05) is 26.1 Å². The maximum atomic E-state index is 11.9. The van der Waals surface area contributed by atoms with E-state index in [1.807, 2.05) is 6.92 Å². The van der Waals surface area contributed by atoms with Crippen LogP contribution in [-0.2, 0) is 9.59 Å². The second kappa shape index (κ2) is 7.36. The Morgan fingerprint density at radius 2 is 2.06 bits per heavy atom. The molecule has 1 fully saturated rings. The number of hydrogen-bond acceptors (Lipinski definition) is 3. The SMILES string of the molecule is CCN1CCC(CN(CC)C(=O)CCC(=O)O)C1. The molecule has 1 N–H and O–H groups in total. The van der Waals surface area contributed by atoms with E-state index in [4.69, 9.17) is 5.11 Å². The van der Waals surface area contributed by atoms with Crippen molar-refractivity contribution in [2.24, 2.45) is 5.92 Å². The maximum absolute atomic E-state index is 11.9. The van der Waals surface area contributed by atoms with Crippen LogP contribution in [0.5, 0.6) is 0 Å². The number of aliphatic carboxylic acids is 1. The number of likely N-dealkylation sites (tertiary alicyclic amines) is 1. The number of hydrogen-bond donors (Lipinski definition) is 1. The van der Waals surface area contributed by atoms with E-state index in [2.05, 4.69) is 11.8 Å². The molecule has 5 nitrogen and oxygen atoms in total. The summed E-state index contributed by atoms with van der Waals surface area (Å²) < 4.78 is 0. The van der Waals surface area contributed by atoms with Crippen LogP contribution >= 0.6 is 0 Å². The molecule has 104 valence electrons. The summed E-state index contributed by atoms with van der Waals surface area (Å²) in [7, 11) is 0. The second-order valence-corrected chi connectivity index (χ2v) is 4.87. The Morgan fingerprint density at radius 3 is 2.56 bits per heavy atom. The minimum Gasteiger partial charge on any atom is -0.481 e. The summed E-state index contributed by atoms with van der Waals surface area (Å²) >= 11 is 0. The molecule has 1 aliphatic rings. The van der Waals surface area contributed by atoms with Crippen molar-refractivity contribution in [3.63, 3.8) is 0 Å². The molecule has 0 aromatic carbocycles. The number of nitrogens with zero attached hydrogens (tertiary/aromatic N) is 2. The standard InChI is InChI=1S/C13H24N2O3/c1-3-14-8-7-11(9-14)10-15(4-2)12(16)5-6-13(17)18/h11H,3-10H2,1-2H3,(H,17,18). The van der Waals surface area contributed by atoms with Crippen LogP contribution in [-0.4, -0.2) is 59.5 Å². The molecular formula is C13H24N2O3. The van der Waals surface area contributed by atoms with Gasteiger partial charge in [0.15, 0.2) is 0 Å². The lowest BCUT2D eigenvalue weighted by molar-refractivity contribution is -0.141. The number of carboxylic acid groups (broad SMARTS) is 1. The van der Waals surface area contributed by atoms with Gasteiger partial charge in [0.1, 0.15) is 0 Å². The van der Waals surface area contributed by atoms with Crippen LogP contribution in [0.25, 0.3) is 0 Å². The molecule has 1 rings (SSSR count). The maximum Gasteiger partial charge on any atom is 0.303 e. The summed E-state index contributed by atoms with van der Waals surface area (Å²) in [6.07, 6.45) is 1.19. The molecule has 0 aliphatic carbocycles. The van der Waals surface area contributed by atoms with Crippen molar-refractivity contribution in [1.82, 2.24) is 9.80 Å². The second-order valence-electron chi connectivity index (χ2n) is 4.87. The monoisotopic (exact) mass is 256 g/mol. The molecule has 1 atom stereocenters. The van der Waals surface area contributed by atoms with Crippen LogP contribution in [0.15, 0.2) is 0 Å². The summed E-state index contributed by atoms with van der Waals surface area (Å²) in [4.78, 5) is 26.5. The Morgan fingerprint density at radius 1 is 1.33 bits per heavy atom. The first-order valence-electron chi connectivity index (χ1n) is 6.78. The number of carbonyl (C=O) groups is 2. The molecule has 0 spiro atoms. The zero-order chi connectivity index (χ0) is 13.5. The first-order valence-corrected chi connectivity index (χ1v) is 6.78. The molecule has 0 saturated carbocycles. The zero-order valence-electron chi connectivity index (χ0n) is 11.4. The molecule has 1 amide bonds. The fraction of sp³-hybridized carbons (Fsp3) is 0.846. The third-order valence-corrected chi connectivity index (χ3v) is 3.58. The molecule has 0 radical (unpaired) electrons. The molecule has 1 aliphatic heterocycles. The van der Waals surface area contributed by atoms with Gasteiger partial charge in [-0.25, -0.2) is 0 Å². The van der Waals surface area contributed by atoms with Crippen LogP contribution in [0.2, 0.25) is 0 Å². The van der Waals surface area contributed by atoms with Gasteiger partial charge in [0.2, 0.25) is 5.91 Å². The van der Waals surface area contributed by atoms with Crippen molar-refractivity contribution in [2.45, 2.75) is 33.1 Å². The van der Waals surface area contributed by atoms with Gasteiger partial charge in [-0.3, -0.25) is 9.59 Å². The number of amides is 1. The minimum absolute atomic E-state index is 0.0325. The lowest BCUT2D eigenvalue weighted by atomic mass is 10.1. The third-order valence-electron chi connectivity index (χ3n) is 3.58. The zero-order valence-corrected chi connectivity index (χ0v) is 11.4. The Bertz CT molecular complexity index is 294. The Hall–Kier alpha value is -1.10. The number of rotatable bonds is 7. The topological polar surface area (TPSA) is 60.9 Å². The van der Waals surface area contributed by atoms with E-state index in [0.717, 1.165) is 32.6 Å². The summed E-state index contributed by atoms with van der Waals surface area (Å²) in [5, 5.41) is 8.59. The van der Waals surface area contributed by atoms with Crippen molar-refractivity contribution in [3.8, 4) is 0 Å². The van der Waals surface area contributed by atoms with Gasteiger partial charge >= 0.3 is 5.97 Å². The van der Waals surface area contributed by atoms with Gasteiger partial charge in [0.05, 0.1) is 6.42 Å². The van der Waals surface area contributed by atoms with Gasteiger partial charge < -0.3 is 14.9 Å². The van der Waals surface area contributed by atoms with Gasteiger partial charge in [0.25, 0.3) is 0 Å². The first kappa shape index (κ1) is 15.0. The Kier molecular flexibility index (Phi) is 6.12. The van der Waals surface area contributed by atoms with E-state index < -0.39 is 5.97 Å². The smallest absolute Gasteiger partial charge is 0.303 e. The third kappa shape index (κ3) is 4.64. The van der Waals surface area contributed by atoms with Crippen molar-refractivity contribution in [3.05, 3.63) is 0 Å². The van der Waals surface area contributed by atoms with Crippen molar-refractivity contribution < 1.29 is 14.7 Å². The molecule has 0 bridgehead atoms. The average Bonchev–Trinajstić information content (AvgIpc) is 2.80. The lowest BCUT2D eigenvalue weighted by Crippen LogP contribution is -2.36. The molecule has 0 aromatic heterocycles. The van der Waals surface area contributed by atoms with Crippen molar-refractivity contribution in [2.75, 3.05) is 32.7 Å². The number of carboxylic acids is 1. The Labute approximate surface area is 109 Å². The number of carbonyl (C=O) groups excluding carboxylic acids is 1. The summed E-state index contributed by atoms with van der Waals surface area (Å²) in [6, 6.07) is 0.